The molecule has 0 amide bonds. The van der Waals surface area contributed by atoms with Crippen LogP contribution in [0.15, 0.2) is 16.9 Å². The molecule has 0 bridgehead atoms. The Balaban J connectivity index is 2.80. The molecule has 1 heterocycles. The molecule has 0 atom stereocenters. The van der Waals surface area contributed by atoms with Crippen molar-refractivity contribution in [2.24, 2.45) is 0 Å². The highest BCUT2D eigenvalue weighted by molar-refractivity contribution is 6.39. The smallest absolute Gasteiger partial charge is 0.278 e. The van der Waals surface area contributed by atoms with Gasteiger partial charge < -0.3 is 5.11 Å². The van der Waals surface area contributed by atoms with Crippen molar-refractivity contribution in [3.8, 4) is 28.8 Å². The first-order chi connectivity index (χ1) is 10.5. The molecule has 0 aliphatic rings. The summed E-state index contributed by atoms with van der Waals surface area (Å²) >= 11 is 12.6. The quantitative estimate of drug-likeness (QED) is 0.866. The maximum absolute atomic E-state index is 12.6. The molecule has 0 fully saturated rings. The second-order valence-corrected chi connectivity index (χ2v) is 5.44. The maximum Gasteiger partial charge on any atom is 0.278 e. The third kappa shape index (κ3) is 2.63. The summed E-state index contributed by atoms with van der Waals surface area (Å²) in [6.07, 6.45) is 0. The SMILES string of the molecule is CC#Cc1cc(Cl)c(-c2c(O)n(CC)n(CC)c2=O)c(Cl)c1. The second kappa shape index (κ2) is 6.51. The number of hydrogen-bond donors (Lipinski definition) is 1. The van der Waals surface area contributed by atoms with E-state index in [1.165, 1.54) is 9.36 Å². The summed E-state index contributed by atoms with van der Waals surface area (Å²) in [5.41, 5.74) is 0.794. The van der Waals surface area contributed by atoms with Gasteiger partial charge in [-0.25, -0.2) is 4.68 Å². The molecule has 22 heavy (non-hydrogen) atoms. The fourth-order valence-electron chi connectivity index (χ4n) is 2.46. The maximum atomic E-state index is 12.6. The fraction of sp³-hybridized carbons (Fsp3) is 0.312. The Morgan fingerprint density at radius 2 is 1.64 bits per heavy atom. The highest BCUT2D eigenvalue weighted by Crippen LogP contribution is 2.38. The number of aromatic nitrogens is 2. The molecule has 2 aromatic rings. The number of benzene rings is 1. The van der Waals surface area contributed by atoms with Crippen LogP contribution >= 0.6 is 23.2 Å². The molecule has 2 rings (SSSR count). The van der Waals surface area contributed by atoms with Crippen LogP contribution in [0.3, 0.4) is 0 Å². The van der Waals surface area contributed by atoms with Crippen LogP contribution in [-0.4, -0.2) is 14.5 Å². The number of rotatable bonds is 3. The second-order valence-electron chi connectivity index (χ2n) is 4.63. The van der Waals surface area contributed by atoms with Gasteiger partial charge in [-0.3, -0.25) is 9.48 Å². The van der Waals surface area contributed by atoms with Gasteiger partial charge in [0.2, 0.25) is 5.88 Å². The van der Waals surface area contributed by atoms with E-state index >= 15 is 0 Å². The van der Waals surface area contributed by atoms with E-state index in [1.54, 1.807) is 19.1 Å². The van der Waals surface area contributed by atoms with Gasteiger partial charge in [0, 0.05) is 24.2 Å². The minimum absolute atomic E-state index is 0.120. The molecular weight excluding hydrogens is 323 g/mol. The van der Waals surface area contributed by atoms with Crippen LogP contribution in [0.4, 0.5) is 0 Å². The average molecular weight is 339 g/mol. The number of aromatic hydroxyl groups is 1. The lowest BCUT2D eigenvalue weighted by molar-refractivity contribution is 0.366. The van der Waals surface area contributed by atoms with E-state index < -0.39 is 0 Å². The van der Waals surface area contributed by atoms with Crippen LogP contribution in [-0.2, 0) is 13.1 Å². The number of nitrogens with zero attached hydrogens (tertiary/aromatic N) is 2. The van der Waals surface area contributed by atoms with Gasteiger partial charge in [0.1, 0.15) is 5.56 Å². The third-order valence-corrected chi connectivity index (χ3v) is 3.96. The van der Waals surface area contributed by atoms with Gasteiger partial charge in [-0.05, 0) is 32.9 Å². The van der Waals surface area contributed by atoms with Crippen molar-refractivity contribution < 1.29 is 5.11 Å². The summed E-state index contributed by atoms with van der Waals surface area (Å²) in [6.45, 7) is 6.29. The Labute approximate surface area is 138 Å². The van der Waals surface area contributed by atoms with E-state index in [2.05, 4.69) is 11.8 Å². The summed E-state index contributed by atoms with van der Waals surface area (Å²) in [5, 5.41) is 11.0. The van der Waals surface area contributed by atoms with Crippen molar-refractivity contribution in [2.75, 3.05) is 0 Å². The molecule has 116 valence electrons. The van der Waals surface area contributed by atoms with Gasteiger partial charge in [0.15, 0.2) is 0 Å². The van der Waals surface area contributed by atoms with Gasteiger partial charge in [-0.15, -0.1) is 5.92 Å². The van der Waals surface area contributed by atoms with Gasteiger partial charge in [0.25, 0.3) is 5.56 Å². The van der Waals surface area contributed by atoms with Crippen LogP contribution in [0.25, 0.3) is 11.1 Å². The highest BCUT2D eigenvalue weighted by atomic mass is 35.5. The van der Waals surface area contributed by atoms with Gasteiger partial charge in [-0.1, -0.05) is 29.1 Å². The van der Waals surface area contributed by atoms with Gasteiger partial charge in [0.05, 0.1) is 10.0 Å². The summed E-state index contributed by atoms with van der Waals surface area (Å²) in [6, 6.07) is 3.27. The molecule has 1 N–H and O–H groups in total. The van der Waals surface area contributed by atoms with Crippen molar-refractivity contribution in [3.05, 3.63) is 38.1 Å². The van der Waals surface area contributed by atoms with Crippen LogP contribution in [0, 0.1) is 11.8 Å². The lowest BCUT2D eigenvalue weighted by Gasteiger charge is -2.08. The molecule has 0 aliphatic heterocycles. The Morgan fingerprint density at radius 3 is 2.05 bits per heavy atom. The minimum atomic E-state index is -0.319. The first-order valence-corrected chi connectivity index (χ1v) is 7.66. The molecule has 0 unspecified atom stereocenters. The van der Waals surface area contributed by atoms with Gasteiger partial charge >= 0.3 is 0 Å². The lowest BCUT2D eigenvalue weighted by Crippen LogP contribution is -2.22. The van der Waals surface area contributed by atoms with Crippen LogP contribution in [0.1, 0.15) is 26.3 Å². The molecule has 0 saturated carbocycles. The average Bonchev–Trinajstić information content (AvgIpc) is 2.70. The Kier molecular flexibility index (Phi) is 4.90. The molecule has 0 saturated heterocycles. The highest BCUT2D eigenvalue weighted by Gasteiger charge is 2.23. The molecule has 1 aromatic heterocycles. The van der Waals surface area contributed by atoms with E-state index in [0.717, 1.165) is 0 Å². The zero-order valence-electron chi connectivity index (χ0n) is 12.6. The van der Waals surface area contributed by atoms with Crippen molar-refractivity contribution in [1.82, 2.24) is 9.36 Å². The zero-order chi connectivity index (χ0) is 16.4. The van der Waals surface area contributed by atoms with Crippen LogP contribution in [0.5, 0.6) is 5.88 Å². The van der Waals surface area contributed by atoms with Crippen LogP contribution in [0.2, 0.25) is 10.0 Å². The Bertz CT molecular complexity index is 815. The Hall–Kier alpha value is -1.83. The largest absolute Gasteiger partial charge is 0.493 e. The standard InChI is InChI=1S/C16H16Cl2N2O2/c1-4-7-10-8-11(17)13(12(18)9-10)14-15(21)19(5-2)20(6-3)16(14)22/h8-9,21H,5-6H2,1-3H3. The van der Waals surface area contributed by atoms with Crippen molar-refractivity contribution in [1.29, 1.82) is 0 Å². The predicted molar refractivity (Wildman–Crippen MR) is 89.7 cm³/mol. The van der Waals surface area contributed by atoms with Gasteiger partial charge in [-0.2, -0.15) is 0 Å². The molecule has 0 radical (unpaired) electrons. The van der Waals surface area contributed by atoms with E-state index in [9.17, 15) is 9.90 Å². The first kappa shape index (κ1) is 16.5. The molecule has 1 aromatic carbocycles. The summed E-state index contributed by atoms with van der Waals surface area (Å²) in [4.78, 5) is 12.6. The van der Waals surface area contributed by atoms with E-state index in [-0.39, 0.29) is 27.0 Å². The topological polar surface area (TPSA) is 47.2 Å². The molecule has 6 heteroatoms. The summed E-state index contributed by atoms with van der Waals surface area (Å²) < 4.78 is 2.96. The third-order valence-electron chi connectivity index (χ3n) is 3.37. The molecule has 0 aliphatic carbocycles. The zero-order valence-corrected chi connectivity index (χ0v) is 14.1. The monoisotopic (exact) mass is 338 g/mol. The molecular formula is C16H16Cl2N2O2. The van der Waals surface area contributed by atoms with Crippen molar-refractivity contribution >= 4 is 23.2 Å². The normalized spacial score (nSPS) is 10.4. The van der Waals surface area contributed by atoms with Crippen LogP contribution < -0.4 is 5.56 Å². The predicted octanol–water partition coefficient (Wildman–Crippen LogP) is 3.74. The summed E-state index contributed by atoms with van der Waals surface area (Å²) in [7, 11) is 0. The number of halogens is 2. The molecule has 0 spiro atoms. The summed E-state index contributed by atoms with van der Waals surface area (Å²) in [5.74, 6) is 5.50. The van der Waals surface area contributed by atoms with E-state index in [4.69, 9.17) is 23.2 Å². The van der Waals surface area contributed by atoms with E-state index in [1.807, 2.05) is 13.8 Å². The Morgan fingerprint density at radius 1 is 1.09 bits per heavy atom. The minimum Gasteiger partial charge on any atom is -0.493 e. The fourth-order valence-corrected chi connectivity index (χ4v) is 3.14. The van der Waals surface area contributed by atoms with Crippen molar-refractivity contribution in [3.63, 3.8) is 0 Å². The van der Waals surface area contributed by atoms with Crippen molar-refractivity contribution in [2.45, 2.75) is 33.9 Å². The molecule has 4 nitrogen and oxygen atoms in total. The van der Waals surface area contributed by atoms with E-state index in [0.29, 0.717) is 24.2 Å². The lowest BCUT2D eigenvalue weighted by atomic mass is 10.1. The number of hydrogen-bond acceptors (Lipinski definition) is 2. The first-order valence-electron chi connectivity index (χ1n) is 6.90.